The Morgan fingerprint density at radius 3 is 2.50 bits per heavy atom. The molecule has 0 aromatic heterocycles. The van der Waals surface area contributed by atoms with Gasteiger partial charge in [-0.1, -0.05) is 0 Å². The van der Waals surface area contributed by atoms with Crippen LogP contribution in [0.5, 0.6) is 0 Å². The second kappa shape index (κ2) is 5.85. The van der Waals surface area contributed by atoms with E-state index in [1.54, 1.807) is 0 Å². The van der Waals surface area contributed by atoms with Gasteiger partial charge in [-0.2, -0.15) is 5.26 Å². The van der Waals surface area contributed by atoms with Crippen LogP contribution >= 0.6 is 0 Å². The van der Waals surface area contributed by atoms with Crippen molar-refractivity contribution in [3.63, 3.8) is 0 Å². The van der Waals surface area contributed by atoms with Gasteiger partial charge < -0.3 is 0 Å². The Kier molecular flexibility index (Phi) is 5.10. The molecule has 0 bridgehead atoms. The summed E-state index contributed by atoms with van der Waals surface area (Å²) in [5, 5.41) is 8.10. The molecular formula is C8H9NO. The van der Waals surface area contributed by atoms with Gasteiger partial charge in [0.2, 0.25) is 0 Å². The molecule has 0 fully saturated rings. The molecule has 0 aromatic carbocycles. The Hall–Kier alpha value is -1.28. The quantitative estimate of drug-likeness (QED) is 0.545. The highest BCUT2D eigenvalue weighted by Gasteiger charge is 1.98. The van der Waals surface area contributed by atoms with Gasteiger partial charge in [0.25, 0.3) is 0 Å². The largest absolute Gasteiger partial charge is 0.300 e. The molecule has 0 N–H and O–H groups in total. The first-order valence-electron chi connectivity index (χ1n) is 3.13. The second-order valence-electron chi connectivity index (χ2n) is 1.90. The maximum atomic E-state index is 10.7. The maximum Gasteiger partial charge on any atom is 0.134 e. The van der Waals surface area contributed by atoms with E-state index in [2.05, 4.69) is 5.92 Å². The Labute approximate surface area is 60.8 Å². The van der Waals surface area contributed by atoms with Crippen molar-refractivity contribution >= 4 is 5.78 Å². The van der Waals surface area contributed by atoms with E-state index in [0.717, 1.165) is 0 Å². The van der Waals surface area contributed by atoms with Crippen molar-refractivity contribution in [2.45, 2.75) is 25.7 Å². The van der Waals surface area contributed by atoms with E-state index in [9.17, 15) is 4.79 Å². The van der Waals surface area contributed by atoms with Gasteiger partial charge in [0, 0.05) is 25.7 Å². The minimum absolute atomic E-state index is 0.0829. The molecule has 0 rings (SSSR count). The molecule has 0 spiro atoms. The van der Waals surface area contributed by atoms with Gasteiger partial charge in [0.15, 0.2) is 0 Å². The molecule has 0 heterocycles. The fourth-order valence-electron chi connectivity index (χ4n) is 0.532. The van der Waals surface area contributed by atoms with Crippen LogP contribution in [0.15, 0.2) is 0 Å². The average Bonchev–Trinajstić information content (AvgIpc) is 1.97. The fourth-order valence-corrected chi connectivity index (χ4v) is 0.532. The lowest BCUT2D eigenvalue weighted by atomic mass is 10.1. The van der Waals surface area contributed by atoms with Crippen molar-refractivity contribution in [2.75, 3.05) is 0 Å². The SMILES string of the molecule is C#CCCC(=O)CCC#N. The Balaban J connectivity index is 3.30. The Morgan fingerprint density at radius 2 is 2.00 bits per heavy atom. The van der Waals surface area contributed by atoms with Crippen LogP contribution in [0.3, 0.4) is 0 Å². The smallest absolute Gasteiger partial charge is 0.134 e. The highest BCUT2D eigenvalue weighted by molar-refractivity contribution is 5.78. The number of rotatable bonds is 4. The summed E-state index contributed by atoms with van der Waals surface area (Å²) in [4.78, 5) is 10.7. The minimum Gasteiger partial charge on any atom is -0.300 e. The van der Waals surface area contributed by atoms with Crippen LogP contribution in [0.4, 0.5) is 0 Å². The van der Waals surface area contributed by atoms with Gasteiger partial charge in [-0.25, -0.2) is 0 Å². The van der Waals surface area contributed by atoms with Crippen molar-refractivity contribution in [2.24, 2.45) is 0 Å². The number of ketones is 1. The number of hydrogen-bond donors (Lipinski definition) is 0. The van der Waals surface area contributed by atoms with Crippen LogP contribution in [0.25, 0.3) is 0 Å². The lowest BCUT2D eigenvalue weighted by Gasteiger charge is -1.90. The van der Waals surface area contributed by atoms with E-state index in [0.29, 0.717) is 25.7 Å². The van der Waals surface area contributed by atoms with Gasteiger partial charge >= 0.3 is 0 Å². The summed E-state index contributed by atoms with van der Waals surface area (Å²) < 4.78 is 0. The molecule has 2 heteroatoms. The van der Waals surface area contributed by atoms with Crippen LogP contribution in [0.1, 0.15) is 25.7 Å². The highest BCUT2D eigenvalue weighted by Crippen LogP contribution is 1.96. The second-order valence-corrected chi connectivity index (χ2v) is 1.90. The number of nitrogens with zero attached hydrogens (tertiary/aromatic N) is 1. The maximum absolute atomic E-state index is 10.7. The third kappa shape index (κ3) is 4.87. The molecule has 0 atom stereocenters. The molecule has 0 unspecified atom stereocenters. The summed E-state index contributed by atoms with van der Waals surface area (Å²) in [7, 11) is 0. The zero-order valence-electron chi connectivity index (χ0n) is 5.76. The zero-order valence-corrected chi connectivity index (χ0v) is 5.76. The normalized spacial score (nSPS) is 7.80. The van der Waals surface area contributed by atoms with E-state index in [1.165, 1.54) is 0 Å². The molecule has 0 saturated heterocycles. The molecular weight excluding hydrogens is 126 g/mol. The van der Waals surface area contributed by atoms with E-state index in [1.807, 2.05) is 6.07 Å². The first kappa shape index (κ1) is 8.72. The van der Waals surface area contributed by atoms with Crippen LogP contribution in [-0.2, 0) is 4.79 Å². The summed E-state index contributed by atoms with van der Waals surface area (Å²) in [6.07, 6.45) is 6.50. The lowest BCUT2D eigenvalue weighted by molar-refractivity contribution is -0.118. The van der Waals surface area contributed by atoms with Crippen molar-refractivity contribution in [3.05, 3.63) is 0 Å². The van der Waals surface area contributed by atoms with Crippen LogP contribution in [0.2, 0.25) is 0 Å². The van der Waals surface area contributed by atoms with Crippen molar-refractivity contribution in [1.82, 2.24) is 0 Å². The van der Waals surface area contributed by atoms with Gasteiger partial charge in [-0.3, -0.25) is 4.79 Å². The van der Waals surface area contributed by atoms with Crippen LogP contribution < -0.4 is 0 Å². The number of hydrogen-bond acceptors (Lipinski definition) is 2. The molecule has 10 heavy (non-hydrogen) atoms. The van der Waals surface area contributed by atoms with Crippen molar-refractivity contribution in [3.8, 4) is 18.4 Å². The third-order valence-corrected chi connectivity index (χ3v) is 1.06. The first-order chi connectivity index (χ1) is 4.81. The van der Waals surface area contributed by atoms with Crippen LogP contribution in [-0.4, -0.2) is 5.78 Å². The number of carbonyl (C=O) groups excluding carboxylic acids is 1. The third-order valence-electron chi connectivity index (χ3n) is 1.06. The van der Waals surface area contributed by atoms with E-state index in [-0.39, 0.29) is 5.78 Å². The summed E-state index contributed by atoms with van der Waals surface area (Å²) in [6, 6.07) is 1.90. The number of terminal acetylenes is 1. The highest BCUT2D eigenvalue weighted by atomic mass is 16.1. The number of nitriles is 1. The Bertz CT molecular complexity index is 162. The average molecular weight is 135 g/mol. The molecule has 0 aromatic rings. The first-order valence-corrected chi connectivity index (χ1v) is 3.13. The van der Waals surface area contributed by atoms with Gasteiger partial charge in [-0.05, 0) is 0 Å². The Morgan fingerprint density at radius 1 is 1.40 bits per heavy atom. The fraction of sp³-hybridized carbons (Fsp3) is 0.500. The topological polar surface area (TPSA) is 40.9 Å². The van der Waals surface area contributed by atoms with E-state index < -0.39 is 0 Å². The molecule has 0 aliphatic carbocycles. The molecule has 0 aliphatic rings. The molecule has 0 saturated carbocycles. The zero-order chi connectivity index (χ0) is 7.82. The van der Waals surface area contributed by atoms with Crippen molar-refractivity contribution in [1.29, 1.82) is 5.26 Å². The van der Waals surface area contributed by atoms with Crippen molar-refractivity contribution < 1.29 is 4.79 Å². The van der Waals surface area contributed by atoms with Gasteiger partial charge in [-0.15, -0.1) is 12.3 Å². The minimum atomic E-state index is 0.0829. The monoisotopic (exact) mass is 135 g/mol. The van der Waals surface area contributed by atoms with Crippen LogP contribution in [0, 0.1) is 23.7 Å². The molecule has 0 amide bonds. The summed E-state index contributed by atoms with van der Waals surface area (Å²) in [5.74, 6) is 2.45. The van der Waals surface area contributed by atoms with E-state index >= 15 is 0 Å². The van der Waals surface area contributed by atoms with Gasteiger partial charge in [0.05, 0.1) is 6.07 Å². The lowest BCUT2D eigenvalue weighted by Crippen LogP contribution is -1.95. The summed E-state index contributed by atoms with van der Waals surface area (Å²) >= 11 is 0. The summed E-state index contributed by atoms with van der Waals surface area (Å²) in [5.41, 5.74) is 0. The predicted octanol–water partition coefficient (Wildman–Crippen LogP) is 1.27. The summed E-state index contributed by atoms with van der Waals surface area (Å²) in [6.45, 7) is 0. The molecule has 2 nitrogen and oxygen atoms in total. The standard InChI is InChI=1S/C8H9NO/c1-2-3-5-8(10)6-4-7-9/h1H,3-6H2. The number of carbonyl (C=O) groups is 1. The molecule has 52 valence electrons. The molecule has 0 radical (unpaired) electrons. The molecule has 0 aliphatic heterocycles. The number of Topliss-reactive ketones (excluding diaryl/α,β-unsaturated/α-hetero) is 1. The van der Waals surface area contributed by atoms with Gasteiger partial charge in [0.1, 0.15) is 5.78 Å². The van der Waals surface area contributed by atoms with E-state index in [4.69, 9.17) is 11.7 Å². The predicted molar refractivity (Wildman–Crippen MR) is 37.9 cm³/mol.